The summed E-state index contributed by atoms with van der Waals surface area (Å²) >= 11 is 0. The molecule has 102 valence electrons. The van der Waals surface area contributed by atoms with Gasteiger partial charge in [0.05, 0.1) is 7.11 Å². The summed E-state index contributed by atoms with van der Waals surface area (Å²) in [5, 5.41) is 3.31. The van der Waals surface area contributed by atoms with Crippen molar-refractivity contribution in [3.05, 3.63) is 11.9 Å². The predicted octanol–water partition coefficient (Wildman–Crippen LogP) is 1.94. The number of hydrogen-bond acceptors (Lipinski definition) is 5. The quantitative estimate of drug-likeness (QED) is 0.717. The highest BCUT2D eigenvalue weighted by molar-refractivity contribution is 5.38. The molecule has 0 atom stereocenters. The minimum absolute atomic E-state index is 0.605. The second-order valence-electron chi connectivity index (χ2n) is 4.15. The molecule has 0 fully saturated rings. The van der Waals surface area contributed by atoms with Gasteiger partial charge in [-0.3, -0.25) is 0 Å². The molecule has 0 radical (unpaired) electrons. The van der Waals surface area contributed by atoms with Gasteiger partial charge in [-0.1, -0.05) is 13.8 Å². The van der Waals surface area contributed by atoms with Crippen molar-refractivity contribution < 1.29 is 4.74 Å². The van der Waals surface area contributed by atoms with E-state index in [1.807, 2.05) is 13.0 Å². The average molecular weight is 252 g/mol. The molecule has 0 unspecified atom stereocenters. The van der Waals surface area contributed by atoms with E-state index in [9.17, 15) is 0 Å². The van der Waals surface area contributed by atoms with E-state index in [1.165, 1.54) is 0 Å². The molecular weight excluding hydrogens is 228 g/mol. The molecule has 1 rings (SSSR count). The van der Waals surface area contributed by atoms with Gasteiger partial charge in [0.25, 0.3) is 0 Å². The fourth-order valence-electron chi connectivity index (χ4n) is 1.79. The molecular formula is C13H24N4O. The lowest BCUT2D eigenvalue weighted by Crippen LogP contribution is -2.25. The highest BCUT2D eigenvalue weighted by Crippen LogP contribution is 2.12. The van der Waals surface area contributed by atoms with E-state index in [4.69, 9.17) is 4.74 Å². The Labute approximate surface area is 110 Å². The molecule has 0 aliphatic carbocycles. The number of aromatic nitrogens is 2. The Morgan fingerprint density at radius 3 is 2.61 bits per heavy atom. The van der Waals surface area contributed by atoms with Crippen LogP contribution in [0, 0.1) is 6.92 Å². The van der Waals surface area contributed by atoms with Gasteiger partial charge in [0.1, 0.15) is 11.6 Å². The lowest BCUT2D eigenvalue weighted by molar-refractivity contribution is 0.303. The Morgan fingerprint density at radius 1 is 1.28 bits per heavy atom. The Balaban J connectivity index is 2.37. The van der Waals surface area contributed by atoms with Crippen LogP contribution in [0.2, 0.25) is 0 Å². The third kappa shape index (κ3) is 4.87. The van der Waals surface area contributed by atoms with Crippen molar-refractivity contribution in [3.63, 3.8) is 0 Å². The van der Waals surface area contributed by atoms with Crippen LogP contribution in [0.1, 0.15) is 26.1 Å². The first kappa shape index (κ1) is 14.7. The van der Waals surface area contributed by atoms with E-state index in [0.29, 0.717) is 5.88 Å². The summed E-state index contributed by atoms with van der Waals surface area (Å²) in [6, 6.07) is 1.82. The van der Waals surface area contributed by atoms with Crippen LogP contribution in [0.3, 0.4) is 0 Å². The summed E-state index contributed by atoms with van der Waals surface area (Å²) in [4.78, 5) is 10.9. The summed E-state index contributed by atoms with van der Waals surface area (Å²) in [6.45, 7) is 10.5. The number of anilines is 1. The second-order valence-corrected chi connectivity index (χ2v) is 4.15. The van der Waals surface area contributed by atoms with Crippen molar-refractivity contribution in [2.45, 2.75) is 27.2 Å². The van der Waals surface area contributed by atoms with Gasteiger partial charge in [-0.05, 0) is 33.0 Å². The maximum absolute atomic E-state index is 5.12. The first-order valence-electron chi connectivity index (χ1n) is 6.55. The molecule has 1 heterocycles. The van der Waals surface area contributed by atoms with Gasteiger partial charge in [0.15, 0.2) is 0 Å². The molecule has 1 aromatic heterocycles. The zero-order chi connectivity index (χ0) is 13.4. The number of nitrogens with one attached hydrogen (secondary N) is 1. The second kappa shape index (κ2) is 7.87. The fourth-order valence-corrected chi connectivity index (χ4v) is 1.79. The predicted molar refractivity (Wildman–Crippen MR) is 74.2 cm³/mol. The summed E-state index contributed by atoms with van der Waals surface area (Å²) in [5.74, 6) is 2.16. The van der Waals surface area contributed by atoms with Crippen molar-refractivity contribution in [1.82, 2.24) is 14.9 Å². The SMILES string of the molecule is CCN(CC)CCCNc1cc(OC)nc(C)n1. The molecule has 1 aromatic rings. The third-order valence-electron chi connectivity index (χ3n) is 2.88. The maximum atomic E-state index is 5.12. The topological polar surface area (TPSA) is 50.3 Å². The molecule has 0 amide bonds. The van der Waals surface area contributed by atoms with Crippen LogP contribution in [0.4, 0.5) is 5.82 Å². The lowest BCUT2D eigenvalue weighted by atomic mass is 10.3. The molecule has 18 heavy (non-hydrogen) atoms. The Kier molecular flexibility index (Phi) is 6.43. The van der Waals surface area contributed by atoms with E-state index in [0.717, 1.165) is 44.2 Å². The van der Waals surface area contributed by atoms with Crippen LogP contribution in [0.25, 0.3) is 0 Å². The van der Waals surface area contributed by atoms with Gasteiger partial charge in [-0.2, -0.15) is 4.98 Å². The highest BCUT2D eigenvalue weighted by atomic mass is 16.5. The van der Waals surface area contributed by atoms with Gasteiger partial charge in [-0.25, -0.2) is 4.98 Å². The van der Waals surface area contributed by atoms with Gasteiger partial charge in [0, 0.05) is 12.6 Å². The number of ether oxygens (including phenoxy) is 1. The van der Waals surface area contributed by atoms with E-state index < -0.39 is 0 Å². The number of aryl methyl sites for hydroxylation is 1. The minimum Gasteiger partial charge on any atom is -0.481 e. The van der Waals surface area contributed by atoms with E-state index in [2.05, 4.69) is 34.0 Å². The van der Waals surface area contributed by atoms with Crippen molar-refractivity contribution in [2.75, 3.05) is 38.6 Å². The molecule has 0 saturated carbocycles. The van der Waals surface area contributed by atoms with Crippen molar-refractivity contribution in [2.24, 2.45) is 0 Å². The van der Waals surface area contributed by atoms with Crippen LogP contribution < -0.4 is 10.1 Å². The van der Waals surface area contributed by atoms with Gasteiger partial charge >= 0.3 is 0 Å². The number of rotatable bonds is 8. The molecule has 5 nitrogen and oxygen atoms in total. The van der Waals surface area contributed by atoms with E-state index in [-0.39, 0.29) is 0 Å². The third-order valence-corrected chi connectivity index (χ3v) is 2.88. The maximum Gasteiger partial charge on any atom is 0.218 e. The zero-order valence-electron chi connectivity index (χ0n) is 11.9. The molecule has 0 aromatic carbocycles. The van der Waals surface area contributed by atoms with Crippen LogP contribution in [0.5, 0.6) is 5.88 Å². The van der Waals surface area contributed by atoms with Gasteiger partial charge in [0.2, 0.25) is 5.88 Å². The minimum atomic E-state index is 0.605. The highest BCUT2D eigenvalue weighted by Gasteiger charge is 2.02. The fraction of sp³-hybridized carbons (Fsp3) is 0.692. The summed E-state index contributed by atoms with van der Waals surface area (Å²) in [6.07, 6.45) is 1.10. The van der Waals surface area contributed by atoms with Gasteiger partial charge in [-0.15, -0.1) is 0 Å². The van der Waals surface area contributed by atoms with Crippen molar-refractivity contribution >= 4 is 5.82 Å². The summed E-state index contributed by atoms with van der Waals surface area (Å²) in [7, 11) is 1.62. The van der Waals surface area contributed by atoms with E-state index >= 15 is 0 Å². The number of methoxy groups -OCH3 is 1. The Bertz CT molecular complexity index is 353. The Hall–Kier alpha value is -1.36. The molecule has 1 N–H and O–H groups in total. The van der Waals surface area contributed by atoms with Crippen LogP contribution >= 0.6 is 0 Å². The molecule has 0 bridgehead atoms. The van der Waals surface area contributed by atoms with Crippen molar-refractivity contribution in [1.29, 1.82) is 0 Å². The van der Waals surface area contributed by atoms with Crippen LogP contribution in [0.15, 0.2) is 6.07 Å². The number of nitrogens with zero attached hydrogens (tertiary/aromatic N) is 3. The molecule has 5 heteroatoms. The van der Waals surface area contributed by atoms with E-state index in [1.54, 1.807) is 7.11 Å². The molecule has 0 saturated heterocycles. The largest absolute Gasteiger partial charge is 0.481 e. The molecule has 0 aliphatic rings. The first-order valence-corrected chi connectivity index (χ1v) is 6.55. The normalized spacial score (nSPS) is 10.7. The molecule has 0 spiro atoms. The Morgan fingerprint density at radius 2 is 2.00 bits per heavy atom. The zero-order valence-corrected chi connectivity index (χ0v) is 11.9. The first-order chi connectivity index (χ1) is 8.69. The summed E-state index contributed by atoms with van der Waals surface area (Å²) < 4.78 is 5.12. The average Bonchev–Trinajstić information content (AvgIpc) is 2.38. The van der Waals surface area contributed by atoms with Gasteiger partial charge < -0.3 is 15.0 Å². The lowest BCUT2D eigenvalue weighted by Gasteiger charge is -2.17. The standard InChI is InChI=1S/C13H24N4O/c1-5-17(6-2)9-7-8-14-12-10-13(18-4)16-11(3)15-12/h10H,5-9H2,1-4H3,(H,14,15,16). The summed E-state index contributed by atoms with van der Waals surface area (Å²) in [5.41, 5.74) is 0. The van der Waals surface area contributed by atoms with Crippen LogP contribution in [-0.2, 0) is 0 Å². The monoisotopic (exact) mass is 252 g/mol. The molecule has 0 aliphatic heterocycles. The van der Waals surface area contributed by atoms with Crippen molar-refractivity contribution in [3.8, 4) is 5.88 Å². The smallest absolute Gasteiger partial charge is 0.218 e. The number of hydrogen-bond donors (Lipinski definition) is 1. The van der Waals surface area contributed by atoms with Crippen LogP contribution in [-0.4, -0.2) is 48.2 Å².